The van der Waals surface area contributed by atoms with Crippen molar-refractivity contribution < 1.29 is 19.6 Å². The van der Waals surface area contributed by atoms with Gasteiger partial charge in [-0.15, -0.1) is 0 Å². The van der Waals surface area contributed by atoms with E-state index in [4.69, 9.17) is 11.6 Å². The zero-order chi connectivity index (χ0) is 16.3. The Morgan fingerprint density at radius 2 is 2.09 bits per heavy atom. The lowest BCUT2D eigenvalue weighted by Crippen LogP contribution is -2.35. The van der Waals surface area contributed by atoms with Gasteiger partial charge in [-0.2, -0.15) is 0 Å². The number of carbonyl (C=O) groups is 2. The van der Waals surface area contributed by atoms with Gasteiger partial charge >= 0.3 is 5.97 Å². The number of non-ortho nitro benzene ring substituents is 1. The molecule has 0 saturated heterocycles. The van der Waals surface area contributed by atoms with Gasteiger partial charge in [0.05, 0.1) is 16.8 Å². The second-order valence-corrected chi connectivity index (χ2v) is 5.42. The third-order valence-electron chi connectivity index (χ3n) is 3.47. The minimum Gasteiger partial charge on any atom is -0.481 e. The van der Waals surface area contributed by atoms with Gasteiger partial charge in [0.1, 0.15) is 0 Å². The first kappa shape index (κ1) is 16.0. The molecule has 116 valence electrons. The first-order valence-corrected chi connectivity index (χ1v) is 6.89. The highest BCUT2D eigenvalue weighted by molar-refractivity contribution is 6.29. The number of hydrogen-bond acceptors (Lipinski definition) is 4. The summed E-state index contributed by atoms with van der Waals surface area (Å²) in [6.45, 7) is 0. The molecule has 7 nitrogen and oxygen atoms in total. The van der Waals surface area contributed by atoms with Gasteiger partial charge in [-0.25, -0.2) is 0 Å². The van der Waals surface area contributed by atoms with Crippen LogP contribution in [0.5, 0.6) is 0 Å². The molecular weight excluding hydrogens is 312 g/mol. The lowest BCUT2D eigenvalue weighted by molar-refractivity contribution is -0.384. The third kappa shape index (κ3) is 3.62. The van der Waals surface area contributed by atoms with Crippen LogP contribution in [0.15, 0.2) is 35.4 Å². The van der Waals surface area contributed by atoms with E-state index in [0.29, 0.717) is 5.03 Å². The van der Waals surface area contributed by atoms with Crippen molar-refractivity contribution in [3.05, 3.63) is 45.5 Å². The van der Waals surface area contributed by atoms with E-state index in [0.717, 1.165) is 0 Å². The van der Waals surface area contributed by atoms with Crippen LogP contribution in [-0.4, -0.2) is 21.9 Å². The molecule has 2 N–H and O–H groups in total. The largest absolute Gasteiger partial charge is 0.481 e. The number of aliphatic carboxylic acids is 1. The summed E-state index contributed by atoms with van der Waals surface area (Å²) in [6, 6.07) is 5.46. The molecule has 0 aromatic heterocycles. The SMILES string of the molecule is O=C(O)[C@H]1CC=C(Cl)C[C@H]1C(=O)Nc1cccc([N+](=O)[O-])c1. The molecule has 1 aromatic carbocycles. The summed E-state index contributed by atoms with van der Waals surface area (Å²) in [5, 5.41) is 22.9. The number of nitrogens with one attached hydrogen (secondary N) is 1. The van der Waals surface area contributed by atoms with E-state index in [1.165, 1.54) is 24.3 Å². The molecule has 0 saturated carbocycles. The topological polar surface area (TPSA) is 110 Å². The molecule has 0 fully saturated rings. The number of benzene rings is 1. The van der Waals surface area contributed by atoms with Crippen LogP contribution in [-0.2, 0) is 9.59 Å². The van der Waals surface area contributed by atoms with Crippen molar-refractivity contribution in [3.63, 3.8) is 0 Å². The smallest absolute Gasteiger partial charge is 0.307 e. The molecule has 0 bridgehead atoms. The van der Waals surface area contributed by atoms with Gasteiger partial charge in [0, 0.05) is 22.9 Å². The fourth-order valence-electron chi connectivity index (χ4n) is 2.34. The van der Waals surface area contributed by atoms with Crippen molar-refractivity contribution in [2.45, 2.75) is 12.8 Å². The van der Waals surface area contributed by atoms with Gasteiger partial charge in [-0.05, 0) is 18.9 Å². The molecule has 1 aliphatic rings. The van der Waals surface area contributed by atoms with Crippen molar-refractivity contribution in [1.82, 2.24) is 0 Å². The quantitative estimate of drug-likeness (QED) is 0.653. The van der Waals surface area contributed by atoms with Crippen molar-refractivity contribution in [2.24, 2.45) is 11.8 Å². The number of halogens is 1. The van der Waals surface area contributed by atoms with Crippen LogP contribution < -0.4 is 5.32 Å². The number of hydrogen-bond donors (Lipinski definition) is 2. The summed E-state index contributed by atoms with van der Waals surface area (Å²) in [4.78, 5) is 33.7. The van der Waals surface area contributed by atoms with Gasteiger partial charge in [0.25, 0.3) is 5.69 Å². The summed E-state index contributed by atoms with van der Waals surface area (Å²) in [5.74, 6) is -3.26. The second-order valence-electron chi connectivity index (χ2n) is 4.94. The Balaban J connectivity index is 2.17. The van der Waals surface area contributed by atoms with Crippen molar-refractivity contribution in [1.29, 1.82) is 0 Å². The molecule has 2 atom stereocenters. The first-order valence-electron chi connectivity index (χ1n) is 6.51. The minimum absolute atomic E-state index is 0.138. The average Bonchev–Trinajstić information content (AvgIpc) is 2.47. The van der Waals surface area contributed by atoms with E-state index in [-0.39, 0.29) is 24.2 Å². The first-order chi connectivity index (χ1) is 10.4. The summed E-state index contributed by atoms with van der Waals surface area (Å²) in [5.41, 5.74) is 0.0863. The highest BCUT2D eigenvalue weighted by Gasteiger charge is 2.36. The Morgan fingerprint density at radius 1 is 1.36 bits per heavy atom. The van der Waals surface area contributed by atoms with Crippen molar-refractivity contribution >= 4 is 34.9 Å². The molecule has 0 heterocycles. The number of carbonyl (C=O) groups excluding carboxylic acids is 1. The second kappa shape index (κ2) is 6.57. The number of amides is 1. The minimum atomic E-state index is -1.07. The summed E-state index contributed by atoms with van der Waals surface area (Å²) < 4.78 is 0. The lowest BCUT2D eigenvalue weighted by atomic mass is 9.82. The monoisotopic (exact) mass is 324 g/mol. The Bertz CT molecular complexity index is 658. The summed E-state index contributed by atoms with van der Waals surface area (Å²) in [6.07, 6.45) is 1.91. The van der Waals surface area contributed by atoms with Crippen molar-refractivity contribution in [3.8, 4) is 0 Å². The van der Waals surface area contributed by atoms with E-state index in [1.54, 1.807) is 6.08 Å². The number of nitrogens with zero attached hydrogens (tertiary/aromatic N) is 1. The van der Waals surface area contributed by atoms with E-state index in [2.05, 4.69) is 5.32 Å². The number of carboxylic acid groups (broad SMARTS) is 1. The zero-order valence-corrected chi connectivity index (χ0v) is 12.1. The average molecular weight is 325 g/mol. The van der Waals surface area contributed by atoms with Crippen LogP contribution in [0.2, 0.25) is 0 Å². The standard InChI is InChI=1S/C14H13ClN2O5/c15-8-4-5-11(14(19)20)12(6-8)13(18)16-9-2-1-3-10(7-9)17(21)22/h1-4,7,11-12H,5-6H2,(H,16,18)(H,19,20)/t11-,12+/m0/s1. The molecule has 1 amide bonds. The number of nitro groups is 1. The van der Waals surface area contributed by atoms with Crippen molar-refractivity contribution in [2.75, 3.05) is 5.32 Å². The van der Waals surface area contributed by atoms with E-state index >= 15 is 0 Å². The molecule has 0 radical (unpaired) electrons. The number of carboxylic acids is 1. The Morgan fingerprint density at radius 3 is 2.73 bits per heavy atom. The molecular formula is C14H13ClN2O5. The van der Waals surface area contributed by atoms with E-state index in [1.807, 2.05) is 0 Å². The van der Waals surface area contributed by atoms with E-state index in [9.17, 15) is 24.8 Å². The van der Waals surface area contributed by atoms with Gasteiger partial charge in [-0.1, -0.05) is 23.7 Å². The zero-order valence-electron chi connectivity index (χ0n) is 11.4. The van der Waals surface area contributed by atoms with Gasteiger partial charge in [0.2, 0.25) is 5.91 Å². The Kier molecular flexibility index (Phi) is 4.77. The molecule has 22 heavy (non-hydrogen) atoms. The predicted octanol–water partition coefficient (Wildman–Crippen LogP) is 2.77. The summed E-state index contributed by atoms with van der Waals surface area (Å²) >= 11 is 5.89. The van der Waals surface area contributed by atoms with Crippen LogP contribution in [0, 0.1) is 22.0 Å². The fourth-order valence-corrected chi connectivity index (χ4v) is 2.59. The Labute approximate surface area is 130 Å². The highest BCUT2D eigenvalue weighted by Crippen LogP contribution is 2.33. The van der Waals surface area contributed by atoms with Gasteiger partial charge < -0.3 is 10.4 Å². The Hall–Kier alpha value is -2.41. The van der Waals surface area contributed by atoms with Crippen LogP contribution in [0.25, 0.3) is 0 Å². The van der Waals surface area contributed by atoms with Crippen LogP contribution in [0.4, 0.5) is 11.4 Å². The van der Waals surface area contributed by atoms with Crippen LogP contribution in [0.3, 0.4) is 0 Å². The van der Waals surface area contributed by atoms with Crippen LogP contribution >= 0.6 is 11.6 Å². The molecule has 0 unspecified atom stereocenters. The third-order valence-corrected chi connectivity index (χ3v) is 3.78. The maximum atomic E-state index is 12.3. The number of nitro benzene ring substituents is 1. The molecule has 2 rings (SSSR count). The van der Waals surface area contributed by atoms with Gasteiger partial charge in [0.15, 0.2) is 0 Å². The predicted molar refractivity (Wildman–Crippen MR) is 79.5 cm³/mol. The van der Waals surface area contributed by atoms with Gasteiger partial charge in [-0.3, -0.25) is 19.7 Å². The number of rotatable bonds is 4. The maximum Gasteiger partial charge on any atom is 0.307 e. The number of allylic oxidation sites excluding steroid dienone is 2. The molecule has 1 aliphatic carbocycles. The molecule has 1 aromatic rings. The number of anilines is 1. The lowest BCUT2D eigenvalue weighted by Gasteiger charge is -2.25. The van der Waals surface area contributed by atoms with E-state index < -0.39 is 28.6 Å². The molecule has 0 aliphatic heterocycles. The fraction of sp³-hybridized carbons (Fsp3) is 0.286. The molecule has 8 heteroatoms. The van der Waals surface area contributed by atoms with Crippen LogP contribution in [0.1, 0.15) is 12.8 Å². The highest BCUT2D eigenvalue weighted by atomic mass is 35.5. The maximum absolute atomic E-state index is 12.3. The normalized spacial score (nSPS) is 20.9. The molecule has 0 spiro atoms. The summed E-state index contributed by atoms with van der Waals surface area (Å²) in [7, 11) is 0.